The van der Waals surface area contributed by atoms with Crippen LogP contribution in [0.4, 0.5) is 0 Å². The molecule has 0 heterocycles. The lowest BCUT2D eigenvalue weighted by atomic mass is 10.2. The molecular weight excluding hydrogens is 192 g/mol. The van der Waals surface area contributed by atoms with Crippen LogP contribution >= 0.6 is 11.6 Å². The van der Waals surface area contributed by atoms with Gasteiger partial charge in [-0.2, -0.15) is 0 Å². The Balaban J connectivity index is 4.37. The molecule has 1 N–H and O–H groups in total. The predicted molar refractivity (Wildman–Crippen MR) is 51.9 cm³/mol. The van der Waals surface area contributed by atoms with Gasteiger partial charge in [-0.15, -0.1) is 11.6 Å². The minimum absolute atomic E-state index is 0.270. The van der Waals surface area contributed by atoms with Crippen LogP contribution in [0.15, 0.2) is 11.3 Å². The van der Waals surface area contributed by atoms with Gasteiger partial charge in [-0.05, 0) is 13.3 Å². The minimum Gasteiger partial charge on any atom is -0.496 e. The normalized spacial score (nSPS) is 12.2. The number of carboxylic acids is 1. The van der Waals surface area contributed by atoms with E-state index in [0.717, 1.165) is 6.42 Å². The molecule has 4 heteroatoms. The van der Waals surface area contributed by atoms with Crippen molar-refractivity contribution >= 4 is 17.6 Å². The monoisotopic (exact) mass is 206 g/mol. The van der Waals surface area contributed by atoms with Gasteiger partial charge in [-0.3, -0.25) is 0 Å². The average Bonchev–Trinajstić information content (AvgIpc) is 2.11. The molecule has 0 radical (unpaired) electrons. The Bertz CT molecular complexity index is 199. The third-order valence-electron chi connectivity index (χ3n) is 1.57. The molecule has 0 aromatic carbocycles. The standard InChI is InChI=1S/C9H15ClO3/c1-3-4-8(13-6-5-10)7(2)9(11)12/h3-6H2,1-2H3,(H,11,12). The molecule has 76 valence electrons. The maximum Gasteiger partial charge on any atom is 0.334 e. The molecule has 0 aromatic rings. The van der Waals surface area contributed by atoms with Gasteiger partial charge in [0.2, 0.25) is 0 Å². The van der Waals surface area contributed by atoms with Crippen molar-refractivity contribution in [1.29, 1.82) is 0 Å². The Morgan fingerprint density at radius 3 is 2.54 bits per heavy atom. The van der Waals surface area contributed by atoms with Crippen molar-refractivity contribution < 1.29 is 14.6 Å². The lowest BCUT2D eigenvalue weighted by Crippen LogP contribution is -2.05. The van der Waals surface area contributed by atoms with Crippen molar-refractivity contribution in [2.45, 2.75) is 26.7 Å². The first-order chi connectivity index (χ1) is 6.13. The highest BCUT2D eigenvalue weighted by Crippen LogP contribution is 2.12. The fraction of sp³-hybridized carbons (Fsp3) is 0.667. The van der Waals surface area contributed by atoms with Crippen molar-refractivity contribution in [2.75, 3.05) is 12.5 Å². The van der Waals surface area contributed by atoms with Gasteiger partial charge in [0.15, 0.2) is 0 Å². The number of ether oxygens (including phenoxy) is 1. The molecule has 0 saturated heterocycles. The smallest absolute Gasteiger partial charge is 0.334 e. The summed E-state index contributed by atoms with van der Waals surface area (Å²) < 4.78 is 5.22. The van der Waals surface area contributed by atoms with Gasteiger partial charge >= 0.3 is 5.97 Å². The molecule has 0 aromatic heterocycles. The summed E-state index contributed by atoms with van der Waals surface area (Å²) in [6.07, 6.45) is 1.51. The zero-order chi connectivity index (χ0) is 10.3. The summed E-state index contributed by atoms with van der Waals surface area (Å²) in [5.74, 6) is -0.0196. The Labute approximate surface area is 83.3 Å². The number of halogens is 1. The molecule has 0 rings (SSSR count). The van der Waals surface area contributed by atoms with E-state index in [2.05, 4.69) is 0 Å². The highest BCUT2D eigenvalue weighted by Gasteiger charge is 2.09. The first kappa shape index (κ1) is 12.3. The molecule has 3 nitrogen and oxygen atoms in total. The summed E-state index contributed by atoms with van der Waals surface area (Å²) in [6.45, 7) is 3.88. The number of rotatable bonds is 6. The maximum absolute atomic E-state index is 10.6. The Morgan fingerprint density at radius 2 is 2.15 bits per heavy atom. The molecule has 0 unspecified atom stereocenters. The van der Waals surface area contributed by atoms with Crippen molar-refractivity contribution in [1.82, 2.24) is 0 Å². The Hall–Kier alpha value is -0.700. The second-order valence-electron chi connectivity index (χ2n) is 2.64. The summed E-state index contributed by atoms with van der Waals surface area (Å²) in [6, 6.07) is 0. The quantitative estimate of drug-likeness (QED) is 0.413. The first-order valence-electron chi connectivity index (χ1n) is 4.25. The molecular formula is C9H15ClO3. The van der Waals surface area contributed by atoms with E-state index in [1.54, 1.807) is 6.92 Å². The fourth-order valence-electron chi connectivity index (χ4n) is 0.876. The van der Waals surface area contributed by atoms with Crippen molar-refractivity contribution in [3.63, 3.8) is 0 Å². The number of allylic oxidation sites excluding steroid dienone is 1. The first-order valence-corrected chi connectivity index (χ1v) is 4.78. The van der Waals surface area contributed by atoms with Gasteiger partial charge in [0.25, 0.3) is 0 Å². The third-order valence-corrected chi connectivity index (χ3v) is 1.72. The van der Waals surface area contributed by atoms with E-state index in [0.29, 0.717) is 24.7 Å². The number of hydrogen-bond donors (Lipinski definition) is 1. The molecule has 0 aliphatic rings. The Kier molecular flexibility index (Phi) is 6.41. The number of hydrogen-bond acceptors (Lipinski definition) is 2. The van der Waals surface area contributed by atoms with E-state index < -0.39 is 5.97 Å². The molecule has 0 bridgehead atoms. The van der Waals surface area contributed by atoms with E-state index in [1.807, 2.05) is 6.92 Å². The van der Waals surface area contributed by atoms with Crippen LogP contribution in [0.3, 0.4) is 0 Å². The van der Waals surface area contributed by atoms with Crippen molar-refractivity contribution in [3.05, 3.63) is 11.3 Å². The molecule has 13 heavy (non-hydrogen) atoms. The van der Waals surface area contributed by atoms with Gasteiger partial charge in [0.1, 0.15) is 12.4 Å². The molecule has 0 spiro atoms. The topological polar surface area (TPSA) is 46.5 Å². The number of carboxylic acid groups (broad SMARTS) is 1. The highest BCUT2D eigenvalue weighted by molar-refractivity contribution is 6.17. The van der Waals surface area contributed by atoms with Gasteiger partial charge in [0, 0.05) is 6.42 Å². The highest BCUT2D eigenvalue weighted by atomic mass is 35.5. The molecule has 0 aliphatic carbocycles. The summed E-state index contributed by atoms with van der Waals surface area (Å²) >= 11 is 5.44. The molecule has 0 fully saturated rings. The summed E-state index contributed by atoms with van der Waals surface area (Å²) in [5, 5.41) is 8.71. The third kappa shape index (κ3) is 4.78. The van der Waals surface area contributed by atoms with E-state index >= 15 is 0 Å². The fourth-order valence-corrected chi connectivity index (χ4v) is 0.953. The minimum atomic E-state index is -0.932. The molecule has 0 atom stereocenters. The van der Waals surface area contributed by atoms with Crippen LogP contribution in [0, 0.1) is 0 Å². The van der Waals surface area contributed by atoms with E-state index in [-0.39, 0.29) is 5.57 Å². The Morgan fingerprint density at radius 1 is 1.54 bits per heavy atom. The summed E-state index contributed by atoms with van der Waals surface area (Å²) in [5.41, 5.74) is 0.270. The number of aliphatic carboxylic acids is 1. The lowest BCUT2D eigenvalue weighted by molar-refractivity contribution is -0.132. The van der Waals surface area contributed by atoms with E-state index in [9.17, 15) is 4.79 Å². The zero-order valence-electron chi connectivity index (χ0n) is 7.97. The maximum atomic E-state index is 10.6. The SMILES string of the molecule is CCCC(OCCCl)=C(C)C(=O)O. The number of carbonyl (C=O) groups is 1. The average molecular weight is 207 g/mol. The van der Waals surface area contributed by atoms with Gasteiger partial charge in [-0.1, -0.05) is 6.92 Å². The second kappa shape index (κ2) is 6.78. The van der Waals surface area contributed by atoms with Crippen molar-refractivity contribution in [3.8, 4) is 0 Å². The van der Waals surface area contributed by atoms with Crippen LogP contribution in [-0.2, 0) is 9.53 Å². The van der Waals surface area contributed by atoms with E-state index in [4.69, 9.17) is 21.4 Å². The second-order valence-corrected chi connectivity index (χ2v) is 3.02. The van der Waals surface area contributed by atoms with Gasteiger partial charge in [0.05, 0.1) is 11.5 Å². The van der Waals surface area contributed by atoms with Gasteiger partial charge < -0.3 is 9.84 Å². The van der Waals surface area contributed by atoms with Gasteiger partial charge in [-0.25, -0.2) is 4.79 Å². The molecule has 0 saturated carbocycles. The van der Waals surface area contributed by atoms with E-state index in [1.165, 1.54) is 0 Å². The van der Waals surface area contributed by atoms with Crippen LogP contribution in [-0.4, -0.2) is 23.6 Å². The van der Waals surface area contributed by atoms with Crippen LogP contribution < -0.4 is 0 Å². The lowest BCUT2D eigenvalue weighted by Gasteiger charge is -2.09. The van der Waals surface area contributed by atoms with Crippen LogP contribution in [0.2, 0.25) is 0 Å². The predicted octanol–water partition coefficient (Wildman–Crippen LogP) is 2.40. The zero-order valence-corrected chi connectivity index (χ0v) is 8.73. The largest absolute Gasteiger partial charge is 0.496 e. The molecule has 0 aliphatic heterocycles. The van der Waals surface area contributed by atoms with Crippen LogP contribution in [0.5, 0.6) is 0 Å². The van der Waals surface area contributed by atoms with Crippen LogP contribution in [0.25, 0.3) is 0 Å². The summed E-state index contributed by atoms with van der Waals surface area (Å²) in [7, 11) is 0. The summed E-state index contributed by atoms with van der Waals surface area (Å²) in [4.78, 5) is 10.6. The molecule has 0 amide bonds. The van der Waals surface area contributed by atoms with Crippen LogP contribution in [0.1, 0.15) is 26.7 Å². The number of alkyl halides is 1. The van der Waals surface area contributed by atoms with Crippen molar-refractivity contribution in [2.24, 2.45) is 0 Å².